The highest BCUT2D eigenvalue weighted by molar-refractivity contribution is 6.30. The highest BCUT2D eigenvalue weighted by atomic mass is 35.5. The second kappa shape index (κ2) is 9.65. The van der Waals surface area contributed by atoms with Crippen molar-refractivity contribution in [1.29, 1.82) is 0 Å². The zero-order valence-corrected chi connectivity index (χ0v) is 20.1. The van der Waals surface area contributed by atoms with E-state index in [0.29, 0.717) is 44.9 Å². The monoisotopic (exact) mass is 472 g/mol. The molecular formula is C28H25ClN2O3. The molecule has 0 unspecified atom stereocenters. The Balaban J connectivity index is 1.68. The van der Waals surface area contributed by atoms with E-state index in [1.54, 1.807) is 12.1 Å². The van der Waals surface area contributed by atoms with Crippen molar-refractivity contribution in [3.05, 3.63) is 100 Å². The van der Waals surface area contributed by atoms with Gasteiger partial charge < -0.3 is 9.30 Å². The maximum absolute atomic E-state index is 13.3. The lowest BCUT2D eigenvalue weighted by Gasteiger charge is -2.14. The van der Waals surface area contributed by atoms with Gasteiger partial charge in [0.25, 0.3) is 0 Å². The van der Waals surface area contributed by atoms with E-state index >= 15 is 0 Å². The van der Waals surface area contributed by atoms with Crippen LogP contribution in [-0.4, -0.2) is 27.9 Å². The Morgan fingerprint density at radius 1 is 1.09 bits per heavy atom. The van der Waals surface area contributed by atoms with Gasteiger partial charge in [-0.25, -0.2) is 9.78 Å². The maximum Gasteiger partial charge on any atom is 0.339 e. The second-order valence-electron chi connectivity index (χ2n) is 8.17. The van der Waals surface area contributed by atoms with Crippen molar-refractivity contribution in [3.63, 3.8) is 0 Å². The summed E-state index contributed by atoms with van der Waals surface area (Å²) in [5.74, 6) is -0.810. The number of carbonyl (C=O) groups excluding carboxylic acids is 2. The number of esters is 1. The normalized spacial score (nSPS) is 10.9. The van der Waals surface area contributed by atoms with E-state index in [1.165, 1.54) is 0 Å². The molecule has 0 saturated carbocycles. The number of allylic oxidation sites excluding steroid dienone is 1. The molecule has 172 valence electrons. The van der Waals surface area contributed by atoms with Gasteiger partial charge in [-0.3, -0.25) is 4.79 Å². The summed E-state index contributed by atoms with van der Waals surface area (Å²) < 4.78 is 7.54. The number of ketones is 1. The summed E-state index contributed by atoms with van der Waals surface area (Å²) in [6.07, 6.45) is 1.78. The zero-order valence-electron chi connectivity index (χ0n) is 19.4. The number of benzene rings is 2. The summed E-state index contributed by atoms with van der Waals surface area (Å²) in [5.41, 5.74) is 5.50. The molecule has 2 aromatic heterocycles. The molecule has 0 atom stereocenters. The lowest BCUT2D eigenvalue weighted by atomic mass is 9.98. The van der Waals surface area contributed by atoms with Crippen LogP contribution in [0.15, 0.2) is 67.3 Å². The van der Waals surface area contributed by atoms with E-state index in [1.807, 2.05) is 73.9 Å². The largest absolute Gasteiger partial charge is 0.454 e. The molecule has 0 aliphatic rings. The molecule has 0 bridgehead atoms. The first kappa shape index (κ1) is 23.5. The van der Waals surface area contributed by atoms with Crippen LogP contribution in [0.2, 0.25) is 5.02 Å². The van der Waals surface area contributed by atoms with Gasteiger partial charge in [-0.1, -0.05) is 48.0 Å². The summed E-state index contributed by atoms with van der Waals surface area (Å²) in [5, 5.41) is 1.25. The van der Waals surface area contributed by atoms with Crippen LogP contribution in [0.4, 0.5) is 0 Å². The van der Waals surface area contributed by atoms with E-state index < -0.39 is 5.97 Å². The Kier molecular flexibility index (Phi) is 6.66. The van der Waals surface area contributed by atoms with E-state index in [0.717, 1.165) is 17.0 Å². The number of carbonyl (C=O) groups is 2. The average molecular weight is 473 g/mol. The quantitative estimate of drug-likeness (QED) is 0.175. The lowest BCUT2D eigenvalue weighted by Crippen LogP contribution is -2.16. The van der Waals surface area contributed by atoms with Gasteiger partial charge in [0.15, 0.2) is 6.61 Å². The number of halogens is 1. The number of rotatable bonds is 7. The first-order chi connectivity index (χ1) is 16.3. The van der Waals surface area contributed by atoms with Gasteiger partial charge >= 0.3 is 5.97 Å². The molecular weight excluding hydrogens is 448 g/mol. The lowest BCUT2D eigenvalue weighted by molar-refractivity contribution is 0.0475. The molecule has 0 radical (unpaired) electrons. The molecule has 0 fully saturated rings. The molecule has 0 spiro atoms. The SMILES string of the molecule is C=CCn1c(C)cc(C(=O)COC(=O)c2c(C)c(-c3cccc(Cl)c3)nc3ccccc23)c1C. The number of ether oxygens (including phenoxy) is 1. The van der Waals surface area contributed by atoms with Gasteiger partial charge in [-0.05, 0) is 50.6 Å². The fraction of sp³-hybridized carbons (Fsp3) is 0.179. The zero-order chi connectivity index (χ0) is 24.4. The van der Waals surface area contributed by atoms with Crippen molar-refractivity contribution in [2.75, 3.05) is 6.61 Å². The predicted octanol–water partition coefficient (Wildman–Crippen LogP) is 6.51. The first-order valence-electron chi connectivity index (χ1n) is 10.9. The van der Waals surface area contributed by atoms with Crippen LogP contribution in [0.25, 0.3) is 22.2 Å². The highest BCUT2D eigenvalue weighted by Gasteiger charge is 2.22. The van der Waals surface area contributed by atoms with Crippen molar-refractivity contribution >= 4 is 34.3 Å². The first-order valence-corrected chi connectivity index (χ1v) is 11.3. The van der Waals surface area contributed by atoms with Gasteiger partial charge in [-0.15, -0.1) is 6.58 Å². The molecule has 4 aromatic rings. The highest BCUT2D eigenvalue weighted by Crippen LogP contribution is 2.31. The molecule has 2 aromatic carbocycles. The third-order valence-electron chi connectivity index (χ3n) is 5.96. The van der Waals surface area contributed by atoms with Gasteiger partial charge in [0, 0.05) is 39.5 Å². The third kappa shape index (κ3) is 4.39. The van der Waals surface area contributed by atoms with Gasteiger partial charge in [0.05, 0.1) is 16.8 Å². The number of hydrogen-bond acceptors (Lipinski definition) is 4. The van der Waals surface area contributed by atoms with Crippen molar-refractivity contribution in [3.8, 4) is 11.3 Å². The Bertz CT molecular complexity index is 1440. The molecule has 4 rings (SSSR count). The topological polar surface area (TPSA) is 61.2 Å². The predicted molar refractivity (Wildman–Crippen MR) is 136 cm³/mol. The Labute approximate surface area is 203 Å². The minimum absolute atomic E-state index is 0.247. The molecule has 0 aliphatic heterocycles. The second-order valence-corrected chi connectivity index (χ2v) is 8.61. The van der Waals surface area contributed by atoms with Crippen LogP contribution in [0.3, 0.4) is 0 Å². The summed E-state index contributed by atoms with van der Waals surface area (Å²) >= 11 is 6.19. The summed E-state index contributed by atoms with van der Waals surface area (Å²) in [6, 6.07) is 16.5. The van der Waals surface area contributed by atoms with Gasteiger partial charge in [0.1, 0.15) is 0 Å². The van der Waals surface area contributed by atoms with Crippen molar-refractivity contribution in [1.82, 2.24) is 9.55 Å². The summed E-state index contributed by atoms with van der Waals surface area (Å²) in [6.45, 7) is 9.67. The molecule has 0 aliphatic carbocycles. The van der Waals surface area contributed by atoms with Gasteiger partial charge in [0.2, 0.25) is 5.78 Å². The van der Waals surface area contributed by atoms with Crippen LogP contribution in [0.1, 0.15) is 37.7 Å². The summed E-state index contributed by atoms with van der Waals surface area (Å²) in [7, 11) is 0. The van der Waals surface area contributed by atoms with Crippen LogP contribution in [-0.2, 0) is 11.3 Å². The average Bonchev–Trinajstić information content (AvgIpc) is 3.10. The Morgan fingerprint density at radius 3 is 2.59 bits per heavy atom. The smallest absolute Gasteiger partial charge is 0.339 e. The molecule has 2 heterocycles. The van der Waals surface area contributed by atoms with E-state index in [-0.39, 0.29) is 12.4 Å². The molecule has 0 amide bonds. The number of aromatic nitrogens is 2. The number of nitrogens with zero attached hydrogens (tertiary/aromatic N) is 2. The standard InChI is InChI=1S/C28H25ClN2O3/c1-5-13-31-17(2)14-23(19(31)4)25(32)16-34-28(33)26-18(3)27(20-9-8-10-21(29)15-20)30-24-12-7-6-11-22(24)26/h5-12,14-15H,1,13,16H2,2-4H3. The fourth-order valence-corrected chi connectivity index (χ4v) is 4.45. The van der Waals surface area contributed by atoms with Crippen molar-refractivity contribution in [2.45, 2.75) is 27.3 Å². The van der Waals surface area contributed by atoms with Crippen molar-refractivity contribution < 1.29 is 14.3 Å². The molecule has 0 N–H and O–H groups in total. The number of para-hydroxylation sites is 1. The van der Waals surface area contributed by atoms with Crippen LogP contribution in [0, 0.1) is 20.8 Å². The fourth-order valence-electron chi connectivity index (χ4n) is 4.26. The Morgan fingerprint density at radius 2 is 1.85 bits per heavy atom. The number of pyridine rings is 1. The molecule has 0 saturated heterocycles. The molecule has 5 nitrogen and oxygen atoms in total. The minimum atomic E-state index is -0.562. The number of hydrogen-bond donors (Lipinski definition) is 0. The van der Waals surface area contributed by atoms with E-state index in [9.17, 15) is 9.59 Å². The molecule has 6 heteroatoms. The van der Waals surface area contributed by atoms with Crippen LogP contribution >= 0.6 is 11.6 Å². The molecule has 34 heavy (non-hydrogen) atoms. The number of Topliss-reactive ketones (excluding diaryl/α,β-unsaturated/α-hetero) is 1. The van der Waals surface area contributed by atoms with Crippen molar-refractivity contribution in [2.24, 2.45) is 0 Å². The third-order valence-corrected chi connectivity index (χ3v) is 6.19. The van der Waals surface area contributed by atoms with E-state index in [4.69, 9.17) is 21.3 Å². The Hall–Kier alpha value is -3.70. The number of aryl methyl sites for hydroxylation is 1. The number of fused-ring (bicyclic) bond motifs is 1. The maximum atomic E-state index is 13.3. The van der Waals surface area contributed by atoms with E-state index in [2.05, 4.69) is 6.58 Å². The van der Waals surface area contributed by atoms with Gasteiger partial charge in [-0.2, -0.15) is 0 Å². The van der Waals surface area contributed by atoms with Crippen LogP contribution < -0.4 is 0 Å². The summed E-state index contributed by atoms with van der Waals surface area (Å²) in [4.78, 5) is 30.9. The van der Waals surface area contributed by atoms with Crippen LogP contribution in [0.5, 0.6) is 0 Å². The minimum Gasteiger partial charge on any atom is -0.454 e.